The lowest BCUT2D eigenvalue weighted by molar-refractivity contribution is -0.122. The molecule has 1 fully saturated rings. The van der Waals surface area contributed by atoms with Gasteiger partial charge in [0.15, 0.2) is 0 Å². The van der Waals surface area contributed by atoms with E-state index in [-0.39, 0.29) is 46.7 Å². The second kappa shape index (κ2) is 11.5. The van der Waals surface area contributed by atoms with Crippen molar-refractivity contribution in [3.63, 3.8) is 0 Å². The highest BCUT2D eigenvalue weighted by atomic mass is 35.5. The number of anilines is 2. The number of aromatic nitrogens is 1. The molecule has 40 heavy (non-hydrogen) atoms. The smallest absolute Gasteiger partial charge is 0.343 e. The zero-order valence-electron chi connectivity index (χ0n) is 22.8. The lowest BCUT2D eigenvalue weighted by Crippen LogP contribution is -2.65. The summed E-state index contributed by atoms with van der Waals surface area (Å²) in [4.78, 5) is 45.0. The van der Waals surface area contributed by atoms with E-state index in [4.69, 9.17) is 21.1 Å². The maximum Gasteiger partial charge on any atom is 0.343 e. The fourth-order valence-electron chi connectivity index (χ4n) is 4.88. The van der Waals surface area contributed by atoms with E-state index in [9.17, 15) is 18.8 Å². The number of halogens is 2. The van der Waals surface area contributed by atoms with Crippen LogP contribution in [0.3, 0.4) is 0 Å². The molecular formula is C29H30ClFN4O5. The molecule has 1 aliphatic heterocycles. The second-order valence-corrected chi connectivity index (χ2v) is 10.2. The summed E-state index contributed by atoms with van der Waals surface area (Å²) in [6.07, 6.45) is 0. The number of benzene rings is 2. The van der Waals surface area contributed by atoms with E-state index in [1.807, 2.05) is 43.0 Å². The second-order valence-electron chi connectivity index (χ2n) is 9.74. The molecule has 0 atom stereocenters. The van der Waals surface area contributed by atoms with Gasteiger partial charge in [-0.15, -0.1) is 0 Å². The molecule has 3 aromatic rings. The summed E-state index contributed by atoms with van der Waals surface area (Å²) in [6.45, 7) is 4.53. The van der Waals surface area contributed by atoms with Crippen LogP contribution < -0.4 is 20.3 Å². The average Bonchev–Trinajstić information content (AvgIpc) is 2.93. The largest absolute Gasteiger partial charge is 0.480 e. The topological polar surface area (TPSA) is 110 Å². The normalized spacial score (nSPS) is 13.8. The van der Waals surface area contributed by atoms with Crippen molar-refractivity contribution in [1.82, 2.24) is 10.3 Å². The lowest BCUT2D eigenvalue weighted by atomic mass is 9.69. The van der Waals surface area contributed by atoms with Crippen LogP contribution in [0.5, 0.6) is 5.88 Å². The number of methoxy groups -OCH3 is 2. The van der Waals surface area contributed by atoms with E-state index in [1.54, 1.807) is 12.1 Å². The van der Waals surface area contributed by atoms with Crippen molar-refractivity contribution in [3.8, 4) is 5.88 Å². The number of nitrogens with zero attached hydrogens (tertiary/aromatic N) is 2. The van der Waals surface area contributed by atoms with Crippen LogP contribution in [0, 0.1) is 5.82 Å². The van der Waals surface area contributed by atoms with E-state index in [1.165, 1.54) is 27.3 Å². The molecule has 2 N–H and O–H groups in total. The van der Waals surface area contributed by atoms with Crippen molar-refractivity contribution in [2.24, 2.45) is 0 Å². The Morgan fingerprint density at radius 2 is 1.77 bits per heavy atom. The van der Waals surface area contributed by atoms with Gasteiger partial charge >= 0.3 is 5.97 Å². The number of pyridine rings is 1. The summed E-state index contributed by atoms with van der Waals surface area (Å²) in [5.41, 5.74) is 0.955. The van der Waals surface area contributed by atoms with E-state index < -0.39 is 29.0 Å². The Hall–Kier alpha value is -4.18. The van der Waals surface area contributed by atoms with Crippen LogP contribution in [0.4, 0.5) is 15.9 Å². The van der Waals surface area contributed by atoms with Crippen LogP contribution in [0.2, 0.25) is 5.02 Å². The molecule has 0 radical (unpaired) electrons. The third-order valence-electron chi connectivity index (χ3n) is 7.00. The molecular weight excluding hydrogens is 539 g/mol. The number of hydrogen-bond acceptors (Lipinski definition) is 7. The van der Waals surface area contributed by atoms with E-state index in [2.05, 4.69) is 15.6 Å². The predicted octanol–water partition coefficient (Wildman–Crippen LogP) is 4.55. The van der Waals surface area contributed by atoms with Crippen LogP contribution in [0.1, 0.15) is 51.6 Å². The van der Waals surface area contributed by atoms with Crippen LogP contribution in [-0.2, 0) is 14.9 Å². The Labute approximate surface area is 236 Å². The average molecular weight is 569 g/mol. The Balaban J connectivity index is 1.75. The number of amides is 2. The van der Waals surface area contributed by atoms with Crippen LogP contribution in [0.15, 0.2) is 48.5 Å². The molecule has 2 aromatic carbocycles. The van der Waals surface area contributed by atoms with E-state index in [0.29, 0.717) is 5.82 Å². The van der Waals surface area contributed by atoms with Crippen molar-refractivity contribution >= 4 is 40.9 Å². The first kappa shape index (κ1) is 28.8. The van der Waals surface area contributed by atoms with Crippen molar-refractivity contribution in [2.75, 3.05) is 44.6 Å². The molecule has 11 heteroatoms. The third kappa shape index (κ3) is 5.19. The van der Waals surface area contributed by atoms with E-state index in [0.717, 1.165) is 17.2 Å². The van der Waals surface area contributed by atoms with Crippen molar-refractivity contribution in [3.05, 3.63) is 81.6 Å². The van der Waals surface area contributed by atoms with Crippen molar-refractivity contribution in [2.45, 2.75) is 25.2 Å². The highest BCUT2D eigenvalue weighted by Crippen LogP contribution is 2.42. The van der Waals surface area contributed by atoms with Gasteiger partial charge in [0.1, 0.15) is 22.6 Å². The molecule has 4 rings (SSSR count). The first-order valence-corrected chi connectivity index (χ1v) is 12.9. The fourth-order valence-corrected chi connectivity index (χ4v) is 5.05. The van der Waals surface area contributed by atoms with Gasteiger partial charge in [-0.2, -0.15) is 4.98 Å². The van der Waals surface area contributed by atoms with Gasteiger partial charge in [-0.05, 0) is 41.3 Å². The molecule has 1 aliphatic rings. The van der Waals surface area contributed by atoms with Gasteiger partial charge in [-0.1, -0.05) is 49.7 Å². The Morgan fingerprint density at radius 3 is 2.40 bits per heavy atom. The summed E-state index contributed by atoms with van der Waals surface area (Å²) in [7, 11) is 4.11. The number of esters is 1. The quantitative estimate of drug-likeness (QED) is 0.384. The minimum atomic E-state index is -1.06. The van der Waals surface area contributed by atoms with Gasteiger partial charge < -0.3 is 25.0 Å². The summed E-state index contributed by atoms with van der Waals surface area (Å²) in [5, 5.41) is 5.05. The van der Waals surface area contributed by atoms with Gasteiger partial charge in [-0.3, -0.25) is 9.59 Å². The molecule has 9 nitrogen and oxygen atoms in total. The first-order valence-electron chi connectivity index (χ1n) is 12.6. The molecule has 0 spiro atoms. The van der Waals surface area contributed by atoms with Crippen LogP contribution in [-0.4, -0.2) is 57.1 Å². The Bertz CT molecular complexity index is 1470. The number of rotatable bonds is 8. The number of nitrogens with one attached hydrogen (secondary N) is 2. The maximum absolute atomic E-state index is 14.5. The monoisotopic (exact) mass is 568 g/mol. The number of carbonyl (C=O) groups excluding carboxylic acids is 3. The molecule has 0 unspecified atom stereocenters. The SMILES string of the molecule is CNC(=O)c1cc(Cl)c(F)cc1NC(=O)C1(c2ccccc2C(C)C)CN(c2ccc(C(=O)OC)c(OC)n2)C1. The van der Waals surface area contributed by atoms with Gasteiger partial charge in [0, 0.05) is 20.1 Å². The molecule has 0 aliphatic carbocycles. The predicted molar refractivity (Wildman–Crippen MR) is 150 cm³/mol. The standard InChI is InChI=1S/C29H30ClFN4O5/c1-16(2)17-8-6-7-9-20(17)29(28(38)33-23-13-22(31)21(30)12-19(23)25(36)32-3)14-35(15-29)24-11-10-18(27(37)40-5)26(34-24)39-4/h6-13,16H,14-15H2,1-5H3,(H,32,36)(H,33,38). The third-order valence-corrected chi connectivity index (χ3v) is 7.29. The first-order chi connectivity index (χ1) is 19.1. The zero-order chi connectivity index (χ0) is 29.2. The van der Waals surface area contributed by atoms with E-state index >= 15 is 0 Å². The minimum absolute atomic E-state index is 0.00771. The highest BCUT2D eigenvalue weighted by Gasteiger charge is 2.52. The number of carbonyl (C=O) groups is 3. The van der Waals surface area contributed by atoms with Crippen molar-refractivity contribution in [1.29, 1.82) is 0 Å². The zero-order valence-corrected chi connectivity index (χ0v) is 23.6. The van der Waals surface area contributed by atoms with Crippen molar-refractivity contribution < 1.29 is 28.2 Å². The summed E-state index contributed by atoms with van der Waals surface area (Å²) < 4.78 is 24.6. The van der Waals surface area contributed by atoms with Gasteiger partial charge in [0.2, 0.25) is 11.8 Å². The van der Waals surface area contributed by atoms with Crippen LogP contribution in [0.25, 0.3) is 0 Å². The Kier molecular flexibility index (Phi) is 8.29. The number of hydrogen-bond donors (Lipinski definition) is 2. The molecule has 210 valence electrons. The molecule has 1 aromatic heterocycles. The maximum atomic E-state index is 14.5. The summed E-state index contributed by atoms with van der Waals surface area (Å²) >= 11 is 5.93. The summed E-state index contributed by atoms with van der Waals surface area (Å²) in [5.74, 6) is -1.58. The summed E-state index contributed by atoms with van der Waals surface area (Å²) in [6, 6.07) is 13.1. The van der Waals surface area contributed by atoms with Crippen LogP contribution >= 0.6 is 11.6 Å². The minimum Gasteiger partial charge on any atom is -0.480 e. The van der Waals surface area contributed by atoms with Gasteiger partial charge in [0.25, 0.3) is 5.91 Å². The number of ether oxygens (including phenoxy) is 2. The fraction of sp³-hybridized carbons (Fsp3) is 0.310. The molecule has 0 saturated carbocycles. The molecule has 2 heterocycles. The Morgan fingerprint density at radius 1 is 1.07 bits per heavy atom. The highest BCUT2D eigenvalue weighted by molar-refractivity contribution is 6.31. The lowest BCUT2D eigenvalue weighted by Gasteiger charge is -2.50. The van der Waals surface area contributed by atoms with Gasteiger partial charge in [-0.25, -0.2) is 9.18 Å². The van der Waals surface area contributed by atoms with Gasteiger partial charge in [0.05, 0.1) is 30.5 Å². The molecule has 2 amide bonds. The molecule has 1 saturated heterocycles. The molecule has 0 bridgehead atoms.